The van der Waals surface area contributed by atoms with E-state index in [9.17, 15) is 9.59 Å². The highest BCUT2D eigenvalue weighted by molar-refractivity contribution is 6.31. The summed E-state index contributed by atoms with van der Waals surface area (Å²) >= 11 is 5.84. The van der Waals surface area contributed by atoms with E-state index in [1.165, 1.54) is 18.2 Å². The number of halogens is 1. The van der Waals surface area contributed by atoms with Crippen molar-refractivity contribution in [3.63, 3.8) is 0 Å². The first-order valence-corrected chi connectivity index (χ1v) is 7.21. The van der Waals surface area contributed by atoms with Gasteiger partial charge in [-0.3, -0.25) is 0 Å². The molecular formula is C14H18ClN3O3. The fraction of sp³-hybridized carbons (Fsp3) is 0.429. The molecule has 0 saturated heterocycles. The zero-order chi connectivity index (χ0) is 15.4. The second-order valence-corrected chi connectivity index (χ2v) is 5.58. The maximum absolute atomic E-state index is 12.0. The van der Waals surface area contributed by atoms with Crippen molar-refractivity contribution in [3.8, 4) is 0 Å². The predicted molar refractivity (Wildman–Crippen MR) is 80.8 cm³/mol. The second-order valence-electron chi connectivity index (χ2n) is 5.15. The smallest absolute Gasteiger partial charge is 0.337 e. The Morgan fingerprint density at radius 3 is 2.67 bits per heavy atom. The van der Waals surface area contributed by atoms with Gasteiger partial charge in [0.15, 0.2) is 0 Å². The first-order valence-electron chi connectivity index (χ1n) is 6.83. The summed E-state index contributed by atoms with van der Waals surface area (Å²) in [6, 6.07) is 3.60. The van der Waals surface area contributed by atoms with Crippen LogP contribution in [0.3, 0.4) is 0 Å². The molecule has 114 valence electrons. The van der Waals surface area contributed by atoms with Crippen LogP contribution in [0.15, 0.2) is 18.2 Å². The Kier molecular flexibility index (Phi) is 5.03. The molecule has 0 bridgehead atoms. The van der Waals surface area contributed by atoms with Crippen molar-refractivity contribution in [2.75, 3.05) is 5.32 Å². The van der Waals surface area contributed by atoms with Crippen LogP contribution in [0.4, 0.5) is 10.5 Å². The number of nitrogens with one attached hydrogen (secondary N) is 2. The van der Waals surface area contributed by atoms with Gasteiger partial charge in [-0.2, -0.15) is 0 Å². The third kappa shape index (κ3) is 4.09. The van der Waals surface area contributed by atoms with Crippen LogP contribution in [0.25, 0.3) is 0 Å². The van der Waals surface area contributed by atoms with Crippen molar-refractivity contribution in [1.29, 1.82) is 0 Å². The molecule has 0 spiro atoms. The first-order chi connectivity index (χ1) is 9.97. The van der Waals surface area contributed by atoms with E-state index in [2.05, 4.69) is 10.6 Å². The number of rotatable bonds is 3. The number of benzene rings is 1. The predicted octanol–water partition coefficient (Wildman–Crippen LogP) is 2.43. The fourth-order valence-corrected chi connectivity index (χ4v) is 2.64. The lowest BCUT2D eigenvalue weighted by Crippen LogP contribution is -2.50. The minimum Gasteiger partial charge on any atom is -0.478 e. The summed E-state index contributed by atoms with van der Waals surface area (Å²) in [6.07, 6.45) is 3.80. The molecule has 0 heterocycles. The van der Waals surface area contributed by atoms with E-state index >= 15 is 0 Å². The Morgan fingerprint density at radius 2 is 2.00 bits per heavy atom. The van der Waals surface area contributed by atoms with E-state index in [1.807, 2.05) is 0 Å². The molecule has 2 rings (SSSR count). The van der Waals surface area contributed by atoms with Crippen molar-refractivity contribution >= 4 is 29.3 Å². The van der Waals surface area contributed by atoms with Crippen LogP contribution in [-0.4, -0.2) is 29.2 Å². The highest BCUT2D eigenvalue weighted by Gasteiger charge is 2.23. The van der Waals surface area contributed by atoms with Crippen LogP contribution >= 0.6 is 11.6 Å². The van der Waals surface area contributed by atoms with Gasteiger partial charge in [0.2, 0.25) is 0 Å². The molecule has 1 aromatic carbocycles. The van der Waals surface area contributed by atoms with Gasteiger partial charge in [-0.25, -0.2) is 9.59 Å². The molecule has 0 radical (unpaired) electrons. The maximum Gasteiger partial charge on any atom is 0.337 e. The third-order valence-electron chi connectivity index (χ3n) is 3.60. The summed E-state index contributed by atoms with van der Waals surface area (Å²) in [5.41, 5.74) is 6.12. The number of carboxylic acid groups (broad SMARTS) is 1. The lowest BCUT2D eigenvalue weighted by atomic mass is 9.91. The first kappa shape index (κ1) is 15.6. The average Bonchev–Trinajstić information content (AvgIpc) is 2.41. The van der Waals surface area contributed by atoms with Gasteiger partial charge in [0.05, 0.1) is 11.3 Å². The lowest BCUT2D eigenvalue weighted by Gasteiger charge is -2.29. The Balaban J connectivity index is 2.05. The summed E-state index contributed by atoms with van der Waals surface area (Å²) in [5, 5.41) is 14.8. The maximum atomic E-state index is 12.0. The molecule has 0 aliphatic heterocycles. The van der Waals surface area contributed by atoms with Crippen LogP contribution in [-0.2, 0) is 0 Å². The highest BCUT2D eigenvalue weighted by atomic mass is 35.5. The Bertz CT molecular complexity index is 550. The standard InChI is InChI=1S/C14H18ClN3O3/c15-8-5-6-9(13(19)20)12(7-8)18-14(21)17-11-4-2-1-3-10(11)16/h5-7,10-11H,1-4,16H2,(H,19,20)(H2,17,18,21). The molecule has 1 aliphatic carbocycles. The number of nitrogens with two attached hydrogens (primary N) is 1. The number of hydrogen-bond acceptors (Lipinski definition) is 3. The molecule has 2 unspecified atom stereocenters. The van der Waals surface area contributed by atoms with E-state index in [0.717, 1.165) is 25.7 Å². The molecule has 6 nitrogen and oxygen atoms in total. The van der Waals surface area contributed by atoms with E-state index in [0.29, 0.717) is 5.02 Å². The quantitative estimate of drug-likeness (QED) is 0.688. The van der Waals surface area contributed by atoms with E-state index in [4.69, 9.17) is 22.4 Å². The number of amides is 2. The zero-order valence-corrected chi connectivity index (χ0v) is 12.2. The molecule has 7 heteroatoms. The molecule has 0 aromatic heterocycles. The van der Waals surface area contributed by atoms with Gasteiger partial charge >= 0.3 is 12.0 Å². The van der Waals surface area contributed by atoms with Crippen LogP contribution in [0.1, 0.15) is 36.0 Å². The Hall–Kier alpha value is -1.79. The molecule has 1 aromatic rings. The molecule has 2 amide bonds. The van der Waals surface area contributed by atoms with Gasteiger partial charge in [-0.15, -0.1) is 0 Å². The van der Waals surface area contributed by atoms with Crippen LogP contribution in [0, 0.1) is 0 Å². The van der Waals surface area contributed by atoms with E-state index in [-0.39, 0.29) is 23.3 Å². The minimum absolute atomic E-state index is 0.0116. The number of carboxylic acids is 1. The largest absolute Gasteiger partial charge is 0.478 e. The van der Waals surface area contributed by atoms with E-state index < -0.39 is 12.0 Å². The van der Waals surface area contributed by atoms with Crippen molar-refractivity contribution in [2.24, 2.45) is 5.73 Å². The van der Waals surface area contributed by atoms with Crippen molar-refractivity contribution < 1.29 is 14.7 Å². The second kappa shape index (κ2) is 6.78. The summed E-state index contributed by atoms with van der Waals surface area (Å²) < 4.78 is 0. The van der Waals surface area contributed by atoms with Gasteiger partial charge in [-0.05, 0) is 31.0 Å². The number of hydrogen-bond donors (Lipinski definition) is 4. The Morgan fingerprint density at radius 1 is 1.29 bits per heavy atom. The van der Waals surface area contributed by atoms with E-state index in [1.54, 1.807) is 0 Å². The number of urea groups is 1. The van der Waals surface area contributed by atoms with Gasteiger partial charge in [-0.1, -0.05) is 24.4 Å². The van der Waals surface area contributed by atoms with Crippen LogP contribution in [0.5, 0.6) is 0 Å². The lowest BCUT2D eigenvalue weighted by molar-refractivity contribution is 0.0698. The third-order valence-corrected chi connectivity index (χ3v) is 3.83. The van der Waals surface area contributed by atoms with Crippen molar-refractivity contribution in [3.05, 3.63) is 28.8 Å². The van der Waals surface area contributed by atoms with Crippen molar-refractivity contribution in [2.45, 2.75) is 37.8 Å². The molecular weight excluding hydrogens is 294 g/mol. The van der Waals surface area contributed by atoms with Gasteiger partial charge < -0.3 is 21.5 Å². The number of aromatic carboxylic acids is 1. The molecule has 5 N–H and O–H groups in total. The topological polar surface area (TPSA) is 104 Å². The monoisotopic (exact) mass is 311 g/mol. The summed E-state index contributed by atoms with van der Waals surface area (Å²) in [6.45, 7) is 0. The Labute approximate surface area is 127 Å². The summed E-state index contributed by atoms with van der Waals surface area (Å²) in [4.78, 5) is 23.1. The molecule has 1 saturated carbocycles. The average molecular weight is 312 g/mol. The van der Waals surface area contributed by atoms with Gasteiger partial charge in [0.1, 0.15) is 0 Å². The number of carbonyl (C=O) groups is 2. The fourth-order valence-electron chi connectivity index (χ4n) is 2.47. The van der Waals surface area contributed by atoms with Crippen LogP contribution < -0.4 is 16.4 Å². The zero-order valence-electron chi connectivity index (χ0n) is 11.4. The number of anilines is 1. The minimum atomic E-state index is -1.13. The highest BCUT2D eigenvalue weighted by Crippen LogP contribution is 2.22. The van der Waals surface area contributed by atoms with Crippen LogP contribution in [0.2, 0.25) is 5.02 Å². The normalized spacial score (nSPS) is 21.6. The molecule has 21 heavy (non-hydrogen) atoms. The molecule has 1 aliphatic rings. The SMILES string of the molecule is NC1CCCCC1NC(=O)Nc1cc(Cl)ccc1C(=O)O. The number of carbonyl (C=O) groups excluding carboxylic acids is 1. The molecule has 1 fully saturated rings. The van der Waals surface area contributed by atoms with Gasteiger partial charge in [0.25, 0.3) is 0 Å². The molecule has 2 atom stereocenters. The van der Waals surface area contributed by atoms with Crippen molar-refractivity contribution in [1.82, 2.24) is 5.32 Å². The summed E-state index contributed by atoms with van der Waals surface area (Å²) in [5.74, 6) is -1.13. The summed E-state index contributed by atoms with van der Waals surface area (Å²) in [7, 11) is 0. The van der Waals surface area contributed by atoms with Gasteiger partial charge in [0, 0.05) is 17.1 Å².